The molecular formula is C27H34N4O3. The Morgan fingerprint density at radius 1 is 1.18 bits per heavy atom. The van der Waals surface area contributed by atoms with Gasteiger partial charge in [-0.25, -0.2) is 4.98 Å². The van der Waals surface area contributed by atoms with E-state index < -0.39 is 0 Å². The average Bonchev–Trinajstić information content (AvgIpc) is 3.46. The molecule has 1 fully saturated rings. The molecule has 2 amide bonds. The smallest absolute Gasteiger partial charge is 0.258 e. The van der Waals surface area contributed by atoms with Crippen LogP contribution in [-0.2, 0) is 16.1 Å². The quantitative estimate of drug-likeness (QED) is 0.445. The lowest BCUT2D eigenvalue weighted by molar-refractivity contribution is -0.119. The van der Waals surface area contributed by atoms with Crippen molar-refractivity contribution in [2.75, 3.05) is 31.0 Å². The molecule has 0 saturated heterocycles. The second-order valence-corrected chi connectivity index (χ2v) is 9.18. The molecule has 1 heterocycles. The first-order valence-electron chi connectivity index (χ1n) is 12.1. The number of benzene rings is 2. The fourth-order valence-electron chi connectivity index (χ4n) is 4.75. The molecule has 1 aromatic heterocycles. The number of ether oxygens (including phenoxy) is 1. The summed E-state index contributed by atoms with van der Waals surface area (Å²) in [6.07, 6.45) is 6.13. The molecule has 4 rings (SSSR count). The number of imidazole rings is 1. The predicted octanol–water partition coefficient (Wildman–Crippen LogP) is 5.18. The molecule has 34 heavy (non-hydrogen) atoms. The second kappa shape index (κ2) is 10.8. The minimum absolute atomic E-state index is 0.138. The van der Waals surface area contributed by atoms with E-state index in [0.717, 1.165) is 41.5 Å². The molecule has 0 unspecified atom stereocenters. The number of carbonyl (C=O) groups is 2. The molecule has 1 aliphatic rings. The highest BCUT2D eigenvalue weighted by atomic mass is 16.5. The Morgan fingerprint density at radius 2 is 1.94 bits per heavy atom. The number of anilines is 2. The van der Waals surface area contributed by atoms with Crippen LogP contribution in [0.15, 0.2) is 42.5 Å². The third kappa shape index (κ3) is 5.30. The monoisotopic (exact) mass is 462 g/mol. The number of amides is 2. The Labute approximate surface area is 201 Å². The van der Waals surface area contributed by atoms with Crippen LogP contribution in [0.2, 0.25) is 0 Å². The Hall–Kier alpha value is -3.19. The molecule has 7 heteroatoms. The van der Waals surface area contributed by atoms with E-state index >= 15 is 0 Å². The van der Waals surface area contributed by atoms with E-state index in [1.165, 1.54) is 12.8 Å². The van der Waals surface area contributed by atoms with Gasteiger partial charge in [-0.05, 0) is 61.9 Å². The van der Waals surface area contributed by atoms with Crippen LogP contribution >= 0.6 is 0 Å². The summed E-state index contributed by atoms with van der Waals surface area (Å²) in [4.78, 5) is 32.3. The first-order valence-corrected chi connectivity index (χ1v) is 12.1. The summed E-state index contributed by atoms with van der Waals surface area (Å²) >= 11 is 0. The number of fused-ring (bicyclic) bond motifs is 1. The molecule has 1 saturated carbocycles. The van der Waals surface area contributed by atoms with Gasteiger partial charge in [0.25, 0.3) is 5.91 Å². The Bertz CT molecular complexity index is 1160. The van der Waals surface area contributed by atoms with Crippen molar-refractivity contribution in [2.45, 2.75) is 52.0 Å². The number of hydrogen-bond donors (Lipinski definition) is 1. The van der Waals surface area contributed by atoms with Gasteiger partial charge in [-0.3, -0.25) is 14.9 Å². The number of nitrogens with zero attached hydrogens (tertiary/aromatic N) is 3. The van der Waals surface area contributed by atoms with Gasteiger partial charge in [0.05, 0.1) is 11.0 Å². The highest BCUT2D eigenvalue weighted by Gasteiger charge is 2.22. The molecule has 0 aliphatic heterocycles. The molecule has 0 atom stereocenters. The SMILES string of the molecule is COCCCn1c(NC(=O)c2ccccc2C)nc2cc(N(C)C(=O)CC3CCCC3)ccc21. The lowest BCUT2D eigenvalue weighted by atomic mass is 10.0. The summed E-state index contributed by atoms with van der Waals surface area (Å²) in [7, 11) is 3.51. The largest absolute Gasteiger partial charge is 0.385 e. The van der Waals surface area contributed by atoms with Crippen LogP contribution in [0.25, 0.3) is 11.0 Å². The minimum atomic E-state index is -0.189. The van der Waals surface area contributed by atoms with E-state index in [4.69, 9.17) is 9.72 Å². The predicted molar refractivity (Wildman–Crippen MR) is 135 cm³/mol. The third-order valence-electron chi connectivity index (χ3n) is 6.78. The van der Waals surface area contributed by atoms with Crippen LogP contribution in [0, 0.1) is 12.8 Å². The van der Waals surface area contributed by atoms with Crippen LogP contribution in [-0.4, -0.2) is 42.1 Å². The summed E-state index contributed by atoms with van der Waals surface area (Å²) in [6, 6.07) is 13.4. The van der Waals surface area contributed by atoms with Gasteiger partial charge in [-0.1, -0.05) is 31.0 Å². The van der Waals surface area contributed by atoms with E-state index in [0.29, 0.717) is 37.0 Å². The Morgan fingerprint density at radius 3 is 2.68 bits per heavy atom. The summed E-state index contributed by atoms with van der Waals surface area (Å²) in [5.41, 5.74) is 4.00. The molecule has 2 aromatic carbocycles. The van der Waals surface area contributed by atoms with Crippen LogP contribution in [0.3, 0.4) is 0 Å². The van der Waals surface area contributed by atoms with Gasteiger partial charge in [0.2, 0.25) is 11.9 Å². The van der Waals surface area contributed by atoms with Crippen molar-refractivity contribution < 1.29 is 14.3 Å². The molecule has 1 N–H and O–H groups in total. The average molecular weight is 463 g/mol. The lowest BCUT2D eigenvalue weighted by Gasteiger charge is -2.19. The van der Waals surface area contributed by atoms with Crippen molar-refractivity contribution >= 4 is 34.5 Å². The number of hydrogen-bond acceptors (Lipinski definition) is 4. The molecule has 0 bridgehead atoms. The fourth-order valence-corrected chi connectivity index (χ4v) is 4.75. The van der Waals surface area contributed by atoms with Gasteiger partial charge < -0.3 is 14.2 Å². The fraction of sp³-hybridized carbons (Fsp3) is 0.444. The van der Waals surface area contributed by atoms with Gasteiger partial charge in [-0.2, -0.15) is 0 Å². The van der Waals surface area contributed by atoms with Gasteiger partial charge >= 0.3 is 0 Å². The van der Waals surface area contributed by atoms with Crippen LogP contribution in [0.5, 0.6) is 0 Å². The topological polar surface area (TPSA) is 76.5 Å². The van der Waals surface area contributed by atoms with Gasteiger partial charge in [0.1, 0.15) is 0 Å². The summed E-state index contributed by atoms with van der Waals surface area (Å²) in [6.45, 7) is 3.19. The number of aromatic nitrogens is 2. The minimum Gasteiger partial charge on any atom is -0.385 e. The summed E-state index contributed by atoms with van der Waals surface area (Å²) in [5, 5.41) is 3.00. The standard InChI is InChI=1S/C27H34N4O3/c1-19-9-4-7-12-22(19)26(33)29-27-28-23-18-21(13-14-24(23)31(27)15-8-16-34-3)30(2)25(32)17-20-10-5-6-11-20/h4,7,9,12-14,18,20H,5-6,8,10-11,15-17H2,1-3H3,(H,28,29,33). The Kier molecular flexibility index (Phi) is 7.63. The van der Waals surface area contributed by atoms with Gasteiger partial charge in [0.15, 0.2) is 0 Å². The molecule has 3 aromatic rings. The number of aryl methyl sites for hydroxylation is 2. The van der Waals surface area contributed by atoms with Crippen molar-refractivity contribution in [3.05, 3.63) is 53.6 Å². The first kappa shape index (κ1) is 24.0. The number of rotatable bonds is 9. The third-order valence-corrected chi connectivity index (χ3v) is 6.78. The first-order chi connectivity index (χ1) is 16.5. The molecule has 180 valence electrons. The van der Waals surface area contributed by atoms with Crippen molar-refractivity contribution in [1.82, 2.24) is 9.55 Å². The molecule has 0 radical (unpaired) electrons. The highest BCUT2D eigenvalue weighted by Crippen LogP contribution is 2.30. The highest BCUT2D eigenvalue weighted by molar-refractivity contribution is 6.05. The summed E-state index contributed by atoms with van der Waals surface area (Å²) in [5.74, 6) is 0.947. The lowest BCUT2D eigenvalue weighted by Crippen LogP contribution is -2.27. The Balaban J connectivity index is 1.60. The van der Waals surface area contributed by atoms with Crippen LogP contribution in [0.4, 0.5) is 11.6 Å². The normalized spacial score (nSPS) is 14.0. The summed E-state index contributed by atoms with van der Waals surface area (Å²) < 4.78 is 7.23. The molecule has 1 aliphatic carbocycles. The number of methoxy groups -OCH3 is 1. The van der Waals surface area contributed by atoms with E-state index in [9.17, 15) is 9.59 Å². The zero-order valence-electron chi connectivity index (χ0n) is 20.3. The molecule has 7 nitrogen and oxygen atoms in total. The van der Waals surface area contributed by atoms with Gasteiger partial charge in [-0.15, -0.1) is 0 Å². The number of nitrogens with one attached hydrogen (secondary N) is 1. The van der Waals surface area contributed by atoms with Crippen LogP contribution < -0.4 is 10.2 Å². The van der Waals surface area contributed by atoms with Crippen molar-refractivity contribution in [3.8, 4) is 0 Å². The second-order valence-electron chi connectivity index (χ2n) is 9.18. The zero-order chi connectivity index (χ0) is 24.1. The van der Waals surface area contributed by atoms with Gasteiger partial charge in [0, 0.05) is 45.0 Å². The van der Waals surface area contributed by atoms with Crippen LogP contribution in [0.1, 0.15) is 54.4 Å². The van der Waals surface area contributed by atoms with Crippen molar-refractivity contribution in [3.63, 3.8) is 0 Å². The molecule has 0 spiro atoms. The van der Waals surface area contributed by atoms with E-state index in [1.54, 1.807) is 12.0 Å². The number of carbonyl (C=O) groups excluding carboxylic acids is 2. The van der Waals surface area contributed by atoms with E-state index in [-0.39, 0.29) is 11.8 Å². The maximum atomic E-state index is 13.0. The van der Waals surface area contributed by atoms with Crippen molar-refractivity contribution in [1.29, 1.82) is 0 Å². The maximum absolute atomic E-state index is 13.0. The van der Waals surface area contributed by atoms with E-state index in [2.05, 4.69) is 5.32 Å². The van der Waals surface area contributed by atoms with E-state index in [1.807, 2.05) is 61.0 Å². The molecular weight excluding hydrogens is 428 g/mol. The zero-order valence-corrected chi connectivity index (χ0v) is 20.3. The maximum Gasteiger partial charge on any atom is 0.258 e. The van der Waals surface area contributed by atoms with Crippen molar-refractivity contribution in [2.24, 2.45) is 5.92 Å².